The molecule has 4 rings (SSSR count). The van der Waals surface area contributed by atoms with Crippen LogP contribution in [0.25, 0.3) is 5.13 Å². The molecule has 1 amide bonds. The molecule has 0 unspecified atom stereocenters. The number of carbonyl (C=O) groups is 1. The Bertz CT molecular complexity index is 667. The molecule has 0 aliphatic carbocycles. The van der Waals surface area contributed by atoms with Crippen LogP contribution < -0.4 is 4.90 Å². The van der Waals surface area contributed by atoms with Gasteiger partial charge in [0.2, 0.25) is 10.3 Å². The van der Waals surface area contributed by atoms with Gasteiger partial charge in [0, 0.05) is 32.4 Å². The second kappa shape index (κ2) is 5.72. The maximum atomic E-state index is 12.6. The van der Waals surface area contributed by atoms with Crippen molar-refractivity contribution < 1.29 is 4.79 Å². The Kier molecular flexibility index (Phi) is 3.57. The van der Waals surface area contributed by atoms with Crippen LogP contribution in [0.1, 0.15) is 36.2 Å². The van der Waals surface area contributed by atoms with Gasteiger partial charge in [-0.25, -0.2) is 0 Å². The third-order valence-corrected chi connectivity index (χ3v) is 5.33. The van der Waals surface area contributed by atoms with Crippen LogP contribution in [0.15, 0.2) is 18.3 Å². The highest BCUT2D eigenvalue weighted by Gasteiger charge is 2.24. The highest BCUT2D eigenvalue weighted by molar-refractivity contribution is 7.17. The number of amides is 1. The normalized spacial score (nSPS) is 18.4. The summed E-state index contributed by atoms with van der Waals surface area (Å²) in [5.41, 5.74) is 0.686. The Hall–Kier alpha value is -1.89. The standard InChI is InChI=1S/C15H19N5OS/c21-13(18-7-1-2-8-18)12-6-5-11-20(12)15-17-16-14(22-15)19-9-3-4-10-19/h5-6,11H,1-4,7-10H2. The molecule has 2 aromatic heterocycles. The lowest BCUT2D eigenvalue weighted by atomic mass is 10.3. The first-order valence-electron chi connectivity index (χ1n) is 7.88. The van der Waals surface area contributed by atoms with Crippen LogP contribution >= 0.6 is 11.3 Å². The zero-order valence-corrected chi connectivity index (χ0v) is 13.3. The fourth-order valence-electron chi connectivity index (χ4n) is 3.15. The highest BCUT2D eigenvalue weighted by Crippen LogP contribution is 2.27. The molecular weight excluding hydrogens is 298 g/mol. The fourth-order valence-corrected chi connectivity index (χ4v) is 4.04. The van der Waals surface area contributed by atoms with Gasteiger partial charge < -0.3 is 9.80 Å². The van der Waals surface area contributed by atoms with Crippen molar-refractivity contribution in [3.05, 3.63) is 24.0 Å². The Balaban J connectivity index is 1.60. The van der Waals surface area contributed by atoms with Crippen molar-refractivity contribution >= 4 is 22.4 Å². The molecule has 116 valence electrons. The number of anilines is 1. The zero-order chi connectivity index (χ0) is 14.9. The lowest BCUT2D eigenvalue weighted by Gasteiger charge is -2.15. The third-order valence-electron chi connectivity index (χ3n) is 4.35. The summed E-state index contributed by atoms with van der Waals surface area (Å²) in [6.45, 7) is 3.83. The maximum Gasteiger partial charge on any atom is 0.270 e. The van der Waals surface area contributed by atoms with Crippen LogP contribution in [0.3, 0.4) is 0 Å². The summed E-state index contributed by atoms with van der Waals surface area (Å²) in [5.74, 6) is 0.0976. The molecule has 6 nitrogen and oxygen atoms in total. The van der Waals surface area contributed by atoms with Crippen molar-refractivity contribution in [1.82, 2.24) is 19.7 Å². The van der Waals surface area contributed by atoms with Gasteiger partial charge in [-0.05, 0) is 37.8 Å². The summed E-state index contributed by atoms with van der Waals surface area (Å²) < 4.78 is 1.87. The predicted octanol–water partition coefficient (Wildman–Crippen LogP) is 2.17. The summed E-state index contributed by atoms with van der Waals surface area (Å²) in [7, 11) is 0. The summed E-state index contributed by atoms with van der Waals surface area (Å²) >= 11 is 1.56. The van der Waals surface area contributed by atoms with Crippen LogP contribution in [0.5, 0.6) is 0 Å². The Labute approximate surface area is 133 Å². The zero-order valence-electron chi connectivity index (χ0n) is 12.4. The number of hydrogen-bond donors (Lipinski definition) is 0. The number of rotatable bonds is 3. The van der Waals surface area contributed by atoms with Gasteiger partial charge in [0.25, 0.3) is 5.91 Å². The van der Waals surface area contributed by atoms with E-state index in [1.54, 1.807) is 11.3 Å². The molecular formula is C15H19N5OS. The minimum Gasteiger partial charge on any atom is -0.347 e. The van der Waals surface area contributed by atoms with Gasteiger partial charge in [-0.2, -0.15) is 0 Å². The average molecular weight is 317 g/mol. The van der Waals surface area contributed by atoms with Gasteiger partial charge in [0.1, 0.15) is 5.69 Å². The molecule has 2 fully saturated rings. The third kappa shape index (κ3) is 2.39. The van der Waals surface area contributed by atoms with E-state index >= 15 is 0 Å². The molecule has 0 aromatic carbocycles. The molecule has 2 aliphatic rings. The first-order valence-corrected chi connectivity index (χ1v) is 8.70. The van der Waals surface area contributed by atoms with Crippen LogP contribution in [-0.4, -0.2) is 51.8 Å². The molecule has 0 N–H and O–H groups in total. The van der Waals surface area contributed by atoms with E-state index < -0.39 is 0 Å². The first-order chi connectivity index (χ1) is 10.8. The first kappa shape index (κ1) is 13.8. The van der Waals surface area contributed by atoms with Gasteiger partial charge in [-0.15, -0.1) is 10.2 Å². The molecule has 2 saturated heterocycles. The van der Waals surface area contributed by atoms with Gasteiger partial charge >= 0.3 is 0 Å². The largest absolute Gasteiger partial charge is 0.347 e. The summed E-state index contributed by atoms with van der Waals surface area (Å²) in [4.78, 5) is 16.8. The van der Waals surface area contributed by atoms with Crippen LogP contribution in [0.2, 0.25) is 0 Å². The van der Waals surface area contributed by atoms with E-state index in [0.717, 1.165) is 49.3 Å². The van der Waals surface area contributed by atoms with E-state index in [1.807, 2.05) is 27.8 Å². The highest BCUT2D eigenvalue weighted by atomic mass is 32.1. The van der Waals surface area contributed by atoms with Gasteiger partial charge in [-0.3, -0.25) is 9.36 Å². The number of aromatic nitrogens is 3. The van der Waals surface area contributed by atoms with E-state index in [4.69, 9.17) is 0 Å². The van der Waals surface area contributed by atoms with E-state index in [2.05, 4.69) is 15.1 Å². The van der Waals surface area contributed by atoms with Gasteiger partial charge in [-0.1, -0.05) is 11.3 Å². The van der Waals surface area contributed by atoms with Crippen molar-refractivity contribution in [3.63, 3.8) is 0 Å². The number of nitrogens with zero attached hydrogens (tertiary/aromatic N) is 5. The SMILES string of the molecule is O=C(c1cccn1-c1nnc(N2CCCC2)s1)N1CCCC1. The molecule has 0 saturated carbocycles. The van der Waals surface area contributed by atoms with Crippen molar-refractivity contribution in [2.24, 2.45) is 0 Å². The van der Waals surface area contributed by atoms with E-state index in [1.165, 1.54) is 12.8 Å². The Morgan fingerprint density at radius 3 is 2.45 bits per heavy atom. The molecule has 0 atom stereocenters. The second-order valence-electron chi connectivity index (χ2n) is 5.82. The molecule has 0 radical (unpaired) electrons. The Morgan fingerprint density at radius 1 is 1.00 bits per heavy atom. The quantitative estimate of drug-likeness (QED) is 0.870. The molecule has 22 heavy (non-hydrogen) atoms. The number of hydrogen-bond acceptors (Lipinski definition) is 5. The maximum absolute atomic E-state index is 12.6. The van der Waals surface area contributed by atoms with Crippen LogP contribution in [0, 0.1) is 0 Å². The molecule has 0 spiro atoms. The minimum absolute atomic E-state index is 0.0976. The predicted molar refractivity (Wildman–Crippen MR) is 85.8 cm³/mol. The molecule has 0 bridgehead atoms. The van der Waals surface area contributed by atoms with Crippen molar-refractivity contribution in [1.29, 1.82) is 0 Å². The smallest absolute Gasteiger partial charge is 0.270 e. The van der Waals surface area contributed by atoms with Crippen molar-refractivity contribution in [2.75, 3.05) is 31.1 Å². The lowest BCUT2D eigenvalue weighted by Crippen LogP contribution is -2.29. The summed E-state index contributed by atoms with van der Waals surface area (Å²) in [6.07, 6.45) is 6.54. The van der Waals surface area contributed by atoms with Gasteiger partial charge in [0.15, 0.2) is 0 Å². The van der Waals surface area contributed by atoms with Gasteiger partial charge in [0.05, 0.1) is 0 Å². The van der Waals surface area contributed by atoms with Crippen molar-refractivity contribution in [2.45, 2.75) is 25.7 Å². The second-order valence-corrected chi connectivity index (χ2v) is 6.76. The lowest BCUT2D eigenvalue weighted by molar-refractivity contribution is 0.0785. The summed E-state index contributed by atoms with van der Waals surface area (Å²) in [5, 5.41) is 10.3. The topological polar surface area (TPSA) is 54.3 Å². The molecule has 2 aliphatic heterocycles. The number of carbonyl (C=O) groups excluding carboxylic acids is 1. The monoisotopic (exact) mass is 317 g/mol. The minimum atomic E-state index is 0.0976. The van der Waals surface area contributed by atoms with E-state index in [9.17, 15) is 4.79 Å². The fraction of sp³-hybridized carbons (Fsp3) is 0.533. The molecule has 4 heterocycles. The van der Waals surface area contributed by atoms with Crippen LogP contribution in [-0.2, 0) is 0 Å². The number of likely N-dealkylation sites (tertiary alicyclic amines) is 1. The molecule has 2 aromatic rings. The molecule has 7 heteroatoms. The van der Waals surface area contributed by atoms with Crippen molar-refractivity contribution in [3.8, 4) is 5.13 Å². The Morgan fingerprint density at radius 2 is 1.68 bits per heavy atom. The average Bonchev–Trinajstić information content (AvgIpc) is 3.35. The van der Waals surface area contributed by atoms with E-state index in [-0.39, 0.29) is 5.91 Å². The van der Waals surface area contributed by atoms with Crippen LogP contribution in [0.4, 0.5) is 5.13 Å². The summed E-state index contributed by atoms with van der Waals surface area (Å²) in [6, 6.07) is 3.78. The van der Waals surface area contributed by atoms with E-state index in [0.29, 0.717) is 5.69 Å².